The van der Waals surface area contributed by atoms with Gasteiger partial charge in [-0.15, -0.1) is 5.10 Å². The van der Waals surface area contributed by atoms with E-state index in [1.165, 1.54) is 13.1 Å². The molecule has 50 heavy (non-hydrogen) atoms. The van der Waals surface area contributed by atoms with Gasteiger partial charge in [0.2, 0.25) is 11.9 Å². The van der Waals surface area contributed by atoms with E-state index in [-0.39, 0.29) is 23.5 Å². The molecule has 1 unspecified atom stereocenters. The van der Waals surface area contributed by atoms with Crippen LogP contribution >= 0.6 is 0 Å². The molecule has 276 valence electrons. The molecule has 1 aliphatic rings. The van der Waals surface area contributed by atoms with Gasteiger partial charge in [-0.3, -0.25) is 4.90 Å². The molecule has 1 aliphatic heterocycles. The van der Waals surface area contributed by atoms with Gasteiger partial charge >= 0.3 is 18.5 Å². The zero-order chi connectivity index (χ0) is 37.2. The number of halogens is 9. The lowest BCUT2D eigenvalue weighted by atomic mass is 9.90. The first kappa shape index (κ1) is 38.7. The zero-order valence-corrected chi connectivity index (χ0v) is 27.8. The van der Waals surface area contributed by atoms with Crippen LogP contribution in [0.1, 0.15) is 103 Å². The molecule has 0 spiro atoms. The van der Waals surface area contributed by atoms with Crippen LogP contribution in [-0.2, 0) is 31.6 Å². The third-order valence-corrected chi connectivity index (χ3v) is 8.48. The molecular weight excluding hydrogens is 683 g/mol. The molecule has 0 amide bonds. The van der Waals surface area contributed by atoms with E-state index in [1.807, 2.05) is 20.8 Å². The molecule has 4 N–H and O–H groups in total. The van der Waals surface area contributed by atoms with E-state index in [1.54, 1.807) is 0 Å². The number of rotatable bonds is 10. The van der Waals surface area contributed by atoms with E-state index in [4.69, 9.17) is 16.1 Å². The Morgan fingerprint density at radius 3 is 1.98 bits per heavy atom. The van der Waals surface area contributed by atoms with Gasteiger partial charge in [-0.25, -0.2) is 11.0 Å². The molecule has 2 heterocycles. The molecule has 0 bridgehead atoms. The lowest BCUT2D eigenvalue weighted by Gasteiger charge is -2.38. The summed E-state index contributed by atoms with van der Waals surface area (Å²) in [5.41, 5.74) is 2.18. The minimum absolute atomic E-state index is 0.00960. The normalized spacial score (nSPS) is 16.3. The third-order valence-electron chi connectivity index (χ3n) is 8.48. The molecule has 4 rings (SSSR count). The Bertz CT molecular complexity index is 1590. The average molecular weight is 723 g/mol. The molecular formula is C32H39F9N8O. The number of hydrazone groups is 1. The number of hydrogen-bond acceptors (Lipinski definition) is 7. The van der Waals surface area contributed by atoms with Gasteiger partial charge in [0, 0.05) is 38.0 Å². The van der Waals surface area contributed by atoms with Crippen molar-refractivity contribution in [1.29, 1.82) is 0 Å². The summed E-state index contributed by atoms with van der Waals surface area (Å²) in [6.07, 6.45) is -13.2. The fourth-order valence-electron chi connectivity index (χ4n) is 6.00. The van der Waals surface area contributed by atoms with Crippen LogP contribution in [0.5, 0.6) is 0 Å². The summed E-state index contributed by atoms with van der Waals surface area (Å²) >= 11 is 0. The van der Waals surface area contributed by atoms with Crippen molar-refractivity contribution in [2.45, 2.75) is 89.5 Å². The fraction of sp³-hybridized carbons (Fsp3) is 0.531. The van der Waals surface area contributed by atoms with Crippen molar-refractivity contribution < 1.29 is 44.0 Å². The van der Waals surface area contributed by atoms with Gasteiger partial charge in [-0.2, -0.15) is 44.5 Å². The Labute approximate surface area is 283 Å². The maximum Gasteiger partial charge on any atom is 0.416 e. The maximum absolute atomic E-state index is 14.0. The number of alkyl halides is 9. The average Bonchev–Trinajstić information content (AvgIpc) is 3.51. The van der Waals surface area contributed by atoms with E-state index in [9.17, 15) is 39.5 Å². The SMILES string of the molecule is CCC(c1ccc(C(F)(F)F)cc1CN(Cc1cc(C(F)(F)F)cc(C(F)(F)F)c1)/C(N)=N/N(C)N)N1CCC(c2nc(C(C)C)no2)CC1. The largest absolute Gasteiger partial charge is 0.416 e. The Morgan fingerprint density at radius 2 is 1.50 bits per heavy atom. The number of benzene rings is 2. The van der Waals surface area contributed by atoms with Crippen LogP contribution in [0.3, 0.4) is 0 Å². The summed E-state index contributed by atoms with van der Waals surface area (Å²) in [7, 11) is 1.27. The van der Waals surface area contributed by atoms with Gasteiger partial charge in [0.05, 0.1) is 16.7 Å². The fourth-order valence-corrected chi connectivity index (χ4v) is 6.00. The van der Waals surface area contributed by atoms with Crippen molar-refractivity contribution in [3.8, 4) is 0 Å². The highest BCUT2D eigenvalue weighted by Crippen LogP contribution is 2.39. The number of piperidine rings is 1. The molecule has 2 aromatic carbocycles. The molecule has 9 nitrogen and oxygen atoms in total. The summed E-state index contributed by atoms with van der Waals surface area (Å²) < 4.78 is 129. The second-order valence-corrected chi connectivity index (χ2v) is 12.6. The van der Waals surface area contributed by atoms with Crippen LogP contribution in [0.15, 0.2) is 46.0 Å². The van der Waals surface area contributed by atoms with Crippen LogP contribution < -0.4 is 11.6 Å². The van der Waals surface area contributed by atoms with Crippen LogP contribution in [0.2, 0.25) is 0 Å². The number of nitrogens with two attached hydrogens (primary N) is 2. The van der Waals surface area contributed by atoms with Crippen LogP contribution in [0.25, 0.3) is 0 Å². The highest BCUT2D eigenvalue weighted by atomic mass is 19.4. The summed E-state index contributed by atoms with van der Waals surface area (Å²) in [4.78, 5) is 7.69. The van der Waals surface area contributed by atoms with Crippen molar-refractivity contribution in [1.82, 2.24) is 25.1 Å². The predicted molar refractivity (Wildman–Crippen MR) is 166 cm³/mol. The van der Waals surface area contributed by atoms with Gasteiger partial charge < -0.3 is 15.2 Å². The highest BCUT2D eigenvalue weighted by Gasteiger charge is 2.38. The summed E-state index contributed by atoms with van der Waals surface area (Å²) in [5.74, 6) is 6.34. The topological polar surface area (TPSA) is 113 Å². The number of aromatic nitrogens is 2. The van der Waals surface area contributed by atoms with Gasteiger partial charge in [-0.1, -0.05) is 32.0 Å². The highest BCUT2D eigenvalue weighted by molar-refractivity contribution is 5.78. The summed E-state index contributed by atoms with van der Waals surface area (Å²) in [6.45, 7) is 5.71. The van der Waals surface area contributed by atoms with Crippen LogP contribution in [-0.4, -0.2) is 51.2 Å². The number of hydrogen-bond donors (Lipinski definition) is 2. The Kier molecular flexibility index (Phi) is 11.7. The van der Waals surface area contributed by atoms with Gasteiger partial charge in [-0.05, 0) is 79.4 Å². The molecule has 1 atom stereocenters. The smallest absolute Gasteiger partial charge is 0.368 e. The van der Waals surface area contributed by atoms with Crippen molar-refractivity contribution in [2.24, 2.45) is 16.7 Å². The lowest BCUT2D eigenvalue weighted by molar-refractivity contribution is -0.143. The molecule has 0 aliphatic carbocycles. The van der Waals surface area contributed by atoms with E-state index in [0.717, 1.165) is 22.2 Å². The number of nitrogens with zero attached hydrogens (tertiary/aromatic N) is 6. The number of guanidine groups is 1. The lowest BCUT2D eigenvalue weighted by Crippen LogP contribution is -2.40. The van der Waals surface area contributed by atoms with Crippen molar-refractivity contribution in [3.05, 3.63) is 81.5 Å². The zero-order valence-electron chi connectivity index (χ0n) is 27.8. The molecule has 0 saturated carbocycles. The molecule has 1 fully saturated rings. The molecule has 18 heteroatoms. The van der Waals surface area contributed by atoms with Crippen molar-refractivity contribution >= 4 is 5.96 Å². The molecule has 1 saturated heterocycles. The first-order valence-electron chi connectivity index (χ1n) is 15.8. The van der Waals surface area contributed by atoms with E-state index in [2.05, 4.69) is 20.1 Å². The maximum atomic E-state index is 14.0. The molecule has 1 aromatic heterocycles. The van der Waals surface area contributed by atoms with E-state index in [0.29, 0.717) is 61.8 Å². The number of hydrazine groups is 1. The monoisotopic (exact) mass is 722 g/mol. The Balaban J connectivity index is 1.72. The van der Waals surface area contributed by atoms with Gasteiger partial charge in [0.1, 0.15) is 0 Å². The standard InChI is InChI=1S/C32H39F9N8O/c1-5-26(48-10-8-20(9-11-48)28-44-27(18(2)3)46-50-28)25-7-6-22(30(33,34)35)14-21(25)17-49(29(42)45-47(4)43)16-19-12-23(31(36,37)38)15-24(13-19)32(39,40)41/h6-7,12-15,18,20,26H,5,8-11,16-17,43H2,1-4H3,(H2,42,45). The second kappa shape index (κ2) is 15.0. The predicted octanol–water partition coefficient (Wildman–Crippen LogP) is 7.62. The third kappa shape index (κ3) is 9.58. The van der Waals surface area contributed by atoms with Crippen LogP contribution in [0, 0.1) is 0 Å². The quantitative estimate of drug-likeness (QED) is 0.0723. The van der Waals surface area contributed by atoms with Gasteiger partial charge in [0.25, 0.3) is 0 Å². The minimum atomic E-state index is -5.12. The molecule has 3 aromatic rings. The first-order chi connectivity index (χ1) is 23.2. The second-order valence-electron chi connectivity index (χ2n) is 12.6. The van der Waals surface area contributed by atoms with Crippen molar-refractivity contribution in [2.75, 3.05) is 20.1 Å². The van der Waals surface area contributed by atoms with Crippen LogP contribution in [0.4, 0.5) is 39.5 Å². The van der Waals surface area contributed by atoms with E-state index >= 15 is 0 Å². The van der Waals surface area contributed by atoms with Crippen molar-refractivity contribution in [3.63, 3.8) is 0 Å². The minimum Gasteiger partial charge on any atom is -0.368 e. The van der Waals surface area contributed by atoms with Gasteiger partial charge in [0.15, 0.2) is 5.82 Å². The van der Waals surface area contributed by atoms with E-state index < -0.39 is 65.9 Å². The summed E-state index contributed by atoms with van der Waals surface area (Å²) in [6, 6.07) is 3.85. The Morgan fingerprint density at radius 1 is 0.920 bits per heavy atom. The number of likely N-dealkylation sites (tertiary alicyclic amines) is 1. The molecule has 0 radical (unpaired) electrons. The first-order valence-corrected chi connectivity index (χ1v) is 15.8. The Hall–Kier alpha value is -4.06. The summed E-state index contributed by atoms with van der Waals surface area (Å²) in [5, 5.41) is 8.64.